The average molecular weight is 431 g/mol. The van der Waals surface area contributed by atoms with E-state index in [4.69, 9.17) is 0 Å². The Morgan fingerprint density at radius 3 is 2.63 bits per heavy atom. The van der Waals surface area contributed by atoms with E-state index < -0.39 is 0 Å². The van der Waals surface area contributed by atoms with E-state index in [1.807, 2.05) is 31.3 Å². The van der Waals surface area contributed by atoms with Gasteiger partial charge in [0.15, 0.2) is 17.0 Å². The van der Waals surface area contributed by atoms with Gasteiger partial charge in [0.2, 0.25) is 5.91 Å². The zero-order chi connectivity index (χ0) is 18.8. The normalized spacial score (nSPS) is 15.3. The lowest BCUT2D eigenvalue weighted by Gasteiger charge is -2.34. The second-order valence-corrected chi connectivity index (χ2v) is 7.32. The van der Waals surface area contributed by atoms with Crippen molar-refractivity contribution >= 4 is 44.5 Å². The van der Waals surface area contributed by atoms with Gasteiger partial charge in [0.05, 0.1) is 6.54 Å². The SMILES string of the molecule is Cn1nnc2c(N3CCN(CC(=O)Nc4ccc(Br)cc4)CC3)ncnc21. The summed E-state index contributed by atoms with van der Waals surface area (Å²) in [4.78, 5) is 25.2. The molecule has 4 rings (SSSR count). The van der Waals surface area contributed by atoms with Crippen molar-refractivity contribution in [2.24, 2.45) is 7.05 Å². The molecule has 1 aliphatic rings. The van der Waals surface area contributed by atoms with Crippen LogP contribution in [0.25, 0.3) is 11.2 Å². The number of carbonyl (C=O) groups is 1. The minimum Gasteiger partial charge on any atom is -0.352 e. The van der Waals surface area contributed by atoms with Crippen LogP contribution in [0.15, 0.2) is 35.1 Å². The molecule has 0 bridgehead atoms. The highest BCUT2D eigenvalue weighted by molar-refractivity contribution is 9.10. The number of amides is 1. The number of hydrogen-bond acceptors (Lipinski definition) is 7. The van der Waals surface area contributed by atoms with Gasteiger partial charge in [-0.1, -0.05) is 21.1 Å². The van der Waals surface area contributed by atoms with Gasteiger partial charge in [-0.15, -0.1) is 5.10 Å². The fraction of sp³-hybridized carbons (Fsp3) is 0.353. The molecule has 1 fully saturated rings. The Kier molecular flexibility index (Phi) is 4.99. The predicted octanol–water partition coefficient (Wildman–Crippen LogP) is 1.28. The summed E-state index contributed by atoms with van der Waals surface area (Å²) in [6.45, 7) is 3.47. The number of nitrogens with zero attached hydrogens (tertiary/aromatic N) is 7. The fourth-order valence-electron chi connectivity index (χ4n) is 3.13. The molecule has 9 nitrogen and oxygen atoms in total. The summed E-state index contributed by atoms with van der Waals surface area (Å²) in [5.41, 5.74) is 2.23. The molecule has 1 aliphatic heterocycles. The lowest BCUT2D eigenvalue weighted by molar-refractivity contribution is -0.117. The minimum absolute atomic E-state index is 0.0101. The molecule has 0 aliphatic carbocycles. The molecule has 0 radical (unpaired) electrons. The number of anilines is 2. The Bertz CT molecular complexity index is 949. The molecule has 0 spiro atoms. The molecule has 27 heavy (non-hydrogen) atoms. The number of benzene rings is 1. The molecular weight excluding hydrogens is 412 g/mol. The third kappa shape index (κ3) is 3.91. The largest absolute Gasteiger partial charge is 0.352 e. The van der Waals surface area contributed by atoms with Gasteiger partial charge < -0.3 is 10.2 Å². The Hall–Kier alpha value is -2.59. The van der Waals surface area contributed by atoms with E-state index in [-0.39, 0.29) is 5.91 Å². The molecular formula is C17H19BrN8O. The molecule has 0 saturated carbocycles. The number of rotatable bonds is 4. The average Bonchev–Trinajstić information content (AvgIpc) is 3.06. The molecule has 1 amide bonds. The lowest BCUT2D eigenvalue weighted by Crippen LogP contribution is -2.49. The van der Waals surface area contributed by atoms with Crippen molar-refractivity contribution in [1.29, 1.82) is 0 Å². The first-order chi connectivity index (χ1) is 13.1. The lowest BCUT2D eigenvalue weighted by atomic mass is 10.3. The number of aryl methyl sites for hydroxylation is 1. The molecule has 2 aromatic heterocycles. The number of hydrogen-bond donors (Lipinski definition) is 1. The highest BCUT2D eigenvalue weighted by Gasteiger charge is 2.23. The van der Waals surface area contributed by atoms with Gasteiger partial charge in [-0.05, 0) is 24.3 Å². The maximum Gasteiger partial charge on any atom is 0.238 e. The number of nitrogens with one attached hydrogen (secondary N) is 1. The molecule has 0 unspecified atom stereocenters. The van der Waals surface area contributed by atoms with Crippen molar-refractivity contribution < 1.29 is 4.79 Å². The Labute approximate surface area is 164 Å². The summed E-state index contributed by atoms with van der Waals surface area (Å²) in [6, 6.07) is 7.56. The summed E-state index contributed by atoms with van der Waals surface area (Å²) >= 11 is 3.39. The van der Waals surface area contributed by atoms with Crippen molar-refractivity contribution in [1.82, 2.24) is 29.9 Å². The van der Waals surface area contributed by atoms with Gasteiger partial charge in [-0.3, -0.25) is 9.69 Å². The summed E-state index contributed by atoms with van der Waals surface area (Å²) < 4.78 is 2.63. The smallest absolute Gasteiger partial charge is 0.238 e. The third-order valence-electron chi connectivity index (χ3n) is 4.54. The van der Waals surface area contributed by atoms with Gasteiger partial charge in [-0.25, -0.2) is 14.6 Å². The molecule has 1 saturated heterocycles. The third-order valence-corrected chi connectivity index (χ3v) is 5.06. The quantitative estimate of drug-likeness (QED) is 0.666. The van der Waals surface area contributed by atoms with Crippen LogP contribution in [-0.4, -0.2) is 68.5 Å². The van der Waals surface area contributed by atoms with E-state index in [1.54, 1.807) is 11.0 Å². The second-order valence-electron chi connectivity index (χ2n) is 6.40. The van der Waals surface area contributed by atoms with E-state index in [0.717, 1.165) is 47.8 Å². The molecule has 1 aromatic carbocycles. The number of halogens is 1. The Morgan fingerprint density at radius 2 is 1.89 bits per heavy atom. The number of carbonyl (C=O) groups excluding carboxylic acids is 1. The van der Waals surface area contributed by atoms with Crippen LogP contribution >= 0.6 is 15.9 Å². The topological polar surface area (TPSA) is 92.1 Å². The number of fused-ring (bicyclic) bond motifs is 1. The fourth-order valence-corrected chi connectivity index (χ4v) is 3.39. The van der Waals surface area contributed by atoms with Crippen LogP contribution < -0.4 is 10.2 Å². The first-order valence-corrected chi connectivity index (χ1v) is 9.42. The predicted molar refractivity (Wildman–Crippen MR) is 106 cm³/mol. The standard InChI is InChI=1S/C17H19BrN8O/c1-24-16-15(22-23-24)17(20-11-19-16)26-8-6-25(7-9-26)10-14(27)21-13-4-2-12(18)3-5-13/h2-5,11H,6-10H2,1H3,(H,21,27). The van der Waals surface area contributed by atoms with Crippen LogP contribution in [0.3, 0.4) is 0 Å². The zero-order valence-corrected chi connectivity index (χ0v) is 16.4. The van der Waals surface area contributed by atoms with Crippen LogP contribution in [0.1, 0.15) is 0 Å². The van der Waals surface area contributed by atoms with Crippen molar-refractivity contribution in [3.05, 3.63) is 35.1 Å². The van der Waals surface area contributed by atoms with Gasteiger partial charge in [0.1, 0.15) is 6.33 Å². The summed E-state index contributed by atoms with van der Waals surface area (Å²) in [7, 11) is 1.81. The van der Waals surface area contributed by atoms with E-state index >= 15 is 0 Å². The Morgan fingerprint density at radius 1 is 1.15 bits per heavy atom. The minimum atomic E-state index is -0.0101. The van der Waals surface area contributed by atoms with Gasteiger partial charge in [0.25, 0.3) is 0 Å². The van der Waals surface area contributed by atoms with E-state index in [1.165, 1.54) is 0 Å². The second kappa shape index (κ2) is 7.57. The molecule has 3 heterocycles. The number of aromatic nitrogens is 5. The van der Waals surface area contributed by atoms with Crippen LogP contribution in [0.4, 0.5) is 11.5 Å². The van der Waals surface area contributed by atoms with Crippen LogP contribution in [0.5, 0.6) is 0 Å². The number of piperazine rings is 1. The van der Waals surface area contributed by atoms with Crippen LogP contribution in [0, 0.1) is 0 Å². The molecule has 1 N–H and O–H groups in total. The van der Waals surface area contributed by atoms with Crippen molar-refractivity contribution in [3.63, 3.8) is 0 Å². The summed E-state index contributed by atoms with van der Waals surface area (Å²) in [5.74, 6) is 0.788. The van der Waals surface area contributed by atoms with Crippen LogP contribution in [0.2, 0.25) is 0 Å². The van der Waals surface area contributed by atoms with Crippen molar-refractivity contribution in [2.75, 3.05) is 42.9 Å². The van der Waals surface area contributed by atoms with E-state index in [2.05, 4.69) is 51.3 Å². The summed E-state index contributed by atoms with van der Waals surface area (Å²) in [6.07, 6.45) is 1.54. The maximum absolute atomic E-state index is 12.3. The summed E-state index contributed by atoms with van der Waals surface area (Å²) in [5, 5.41) is 11.1. The van der Waals surface area contributed by atoms with Gasteiger partial charge in [-0.2, -0.15) is 0 Å². The molecule has 0 atom stereocenters. The van der Waals surface area contributed by atoms with Gasteiger partial charge >= 0.3 is 0 Å². The highest BCUT2D eigenvalue weighted by Crippen LogP contribution is 2.21. The van der Waals surface area contributed by atoms with E-state index in [0.29, 0.717) is 12.1 Å². The first kappa shape index (κ1) is 17.8. The first-order valence-electron chi connectivity index (χ1n) is 8.63. The molecule has 140 valence electrons. The molecule has 10 heteroatoms. The zero-order valence-electron chi connectivity index (χ0n) is 14.8. The van der Waals surface area contributed by atoms with Crippen LogP contribution in [-0.2, 0) is 11.8 Å². The highest BCUT2D eigenvalue weighted by atomic mass is 79.9. The van der Waals surface area contributed by atoms with Crippen molar-refractivity contribution in [2.45, 2.75) is 0 Å². The maximum atomic E-state index is 12.3. The Balaban J connectivity index is 1.34. The van der Waals surface area contributed by atoms with Gasteiger partial charge in [0, 0.05) is 43.4 Å². The molecule has 3 aromatic rings. The monoisotopic (exact) mass is 430 g/mol. The van der Waals surface area contributed by atoms with E-state index in [9.17, 15) is 4.79 Å². The van der Waals surface area contributed by atoms with Crippen molar-refractivity contribution in [3.8, 4) is 0 Å².